The molecule has 2 atom stereocenters. The minimum absolute atomic E-state index is 0.0361. The van der Waals surface area contributed by atoms with Crippen molar-refractivity contribution in [2.45, 2.75) is 38.3 Å². The smallest absolute Gasteiger partial charge is 0.220 e. The van der Waals surface area contributed by atoms with Crippen molar-refractivity contribution in [1.82, 2.24) is 5.32 Å². The Kier molecular flexibility index (Phi) is 5.96. The predicted octanol–water partition coefficient (Wildman–Crippen LogP) is 3.31. The van der Waals surface area contributed by atoms with Gasteiger partial charge in [-0.15, -0.1) is 0 Å². The minimum atomic E-state index is -0.543. The molecule has 4 heteroatoms. The fourth-order valence-electron chi connectivity index (χ4n) is 2.24. The maximum absolute atomic E-state index is 11.9. The molecule has 0 aliphatic carbocycles. The number of hydrogen-bond acceptors (Lipinski definition) is 3. The highest BCUT2D eigenvalue weighted by Gasteiger charge is 2.14. The Morgan fingerprint density at radius 2 is 2.05 bits per heavy atom. The molecular weight excluding hydrogens is 282 g/mol. The predicted molar refractivity (Wildman–Crippen MR) is 86.3 cm³/mol. The number of hydrogen-bond donors (Lipinski definition) is 2. The van der Waals surface area contributed by atoms with E-state index in [4.69, 9.17) is 0 Å². The molecule has 0 bridgehead atoms. The van der Waals surface area contributed by atoms with Gasteiger partial charge in [-0.3, -0.25) is 4.79 Å². The van der Waals surface area contributed by atoms with Gasteiger partial charge < -0.3 is 10.4 Å². The van der Waals surface area contributed by atoms with Crippen molar-refractivity contribution in [1.29, 1.82) is 0 Å². The van der Waals surface area contributed by atoms with Crippen LogP contribution in [0.15, 0.2) is 47.2 Å². The quantitative estimate of drug-likeness (QED) is 0.824. The molecule has 0 aliphatic rings. The first-order valence-corrected chi connectivity index (χ1v) is 8.13. The van der Waals surface area contributed by atoms with Gasteiger partial charge in [0.2, 0.25) is 5.91 Å². The number of nitrogens with one attached hydrogen (secondary N) is 1. The molecule has 2 N–H and O–H groups in total. The van der Waals surface area contributed by atoms with Gasteiger partial charge in [-0.1, -0.05) is 30.3 Å². The number of carbonyl (C=O) groups is 1. The van der Waals surface area contributed by atoms with Crippen molar-refractivity contribution in [3.63, 3.8) is 0 Å². The van der Waals surface area contributed by atoms with Gasteiger partial charge in [-0.25, -0.2) is 0 Å². The van der Waals surface area contributed by atoms with E-state index < -0.39 is 6.10 Å². The Balaban J connectivity index is 1.73. The van der Waals surface area contributed by atoms with Gasteiger partial charge in [0.05, 0.1) is 6.10 Å². The third-order valence-electron chi connectivity index (χ3n) is 3.39. The molecule has 0 spiro atoms. The summed E-state index contributed by atoms with van der Waals surface area (Å²) in [5.74, 6) is 0.0361. The Bertz CT molecular complexity index is 539. The molecule has 1 aromatic heterocycles. The van der Waals surface area contributed by atoms with Crippen molar-refractivity contribution < 1.29 is 9.90 Å². The largest absolute Gasteiger partial charge is 0.388 e. The molecule has 0 saturated heterocycles. The Hall–Kier alpha value is -1.65. The van der Waals surface area contributed by atoms with Crippen LogP contribution in [-0.4, -0.2) is 17.1 Å². The molecule has 21 heavy (non-hydrogen) atoms. The second kappa shape index (κ2) is 7.96. The van der Waals surface area contributed by atoms with Crippen LogP contribution in [-0.2, 0) is 11.2 Å². The lowest BCUT2D eigenvalue weighted by atomic mass is 10.0. The maximum atomic E-state index is 11.9. The lowest BCUT2D eigenvalue weighted by Crippen LogP contribution is -2.33. The molecule has 0 aliphatic heterocycles. The Morgan fingerprint density at radius 3 is 2.71 bits per heavy atom. The van der Waals surface area contributed by atoms with E-state index in [1.54, 1.807) is 11.3 Å². The molecular formula is C17H21NO2S. The fraction of sp³-hybridized carbons (Fsp3) is 0.353. The van der Waals surface area contributed by atoms with Gasteiger partial charge in [0.1, 0.15) is 0 Å². The SMILES string of the molecule is C[C@@H](C[C@H](O)c1ccccc1)NC(=O)CCc1ccsc1. The Labute approximate surface area is 129 Å². The zero-order chi connectivity index (χ0) is 15.1. The molecule has 0 unspecified atom stereocenters. The molecule has 1 amide bonds. The van der Waals surface area contributed by atoms with Gasteiger partial charge in [-0.05, 0) is 47.7 Å². The highest BCUT2D eigenvalue weighted by Crippen LogP contribution is 2.17. The summed E-state index contributed by atoms with van der Waals surface area (Å²) in [5, 5.41) is 17.2. The number of benzene rings is 1. The normalized spacial score (nSPS) is 13.6. The lowest BCUT2D eigenvalue weighted by Gasteiger charge is -2.18. The summed E-state index contributed by atoms with van der Waals surface area (Å²) in [5.41, 5.74) is 2.09. The standard InChI is InChI=1S/C17H21NO2S/c1-13(11-16(19)15-5-3-2-4-6-15)18-17(20)8-7-14-9-10-21-12-14/h2-6,9-10,12-13,16,19H,7-8,11H2,1H3,(H,18,20)/t13-,16-/m0/s1. The van der Waals surface area contributed by atoms with Crippen LogP contribution in [0.3, 0.4) is 0 Å². The minimum Gasteiger partial charge on any atom is -0.388 e. The van der Waals surface area contributed by atoms with Crippen LogP contribution < -0.4 is 5.32 Å². The molecule has 112 valence electrons. The van der Waals surface area contributed by atoms with E-state index in [-0.39, 0.29) is 11.9 Å². The summed E-state index contributed by atoms with van der Waals surface area (Å²) in [6.45, 7) is 1.93. The molecule has 0 saturated carbocycles. The van der Waals surface area contributed by atoms with Crippen molar-refractivity contribution in [2.75, 3.05) is 0 Å². The molecule has 2 aromatic rings. The van der Waals surface area contributed by atoms with Crippen LogP contribution in [0, 0.1) is 0 Å². The molecule has 1 aromatic carbocycles. The first-order valence-electron chi connectivity index (χ1n) is 7.18. The molecule has 0 fully saturated rings. The zero-order valence-electron chi connectivity index (χ0n) is 12.2. The first-order chi connectivity index (χ1) is 10.1. The summed E-state index contributed by atoms with van der Waals surface area (Å²) in [6.07, 6.45) is 1.23. The average Bonchev–Trinajstić information content (AvgIpc) is 2.99. The van der Waals surface area contributed by atoms with E-state index in [0.29, 0.717) is 12.8 Å². The van der Waals surface area contributed by atoms with Gasteiger partial charge in [0.15, 0.2) is 0 Å². The number of carbonyl (C=O) groups excluding carboxylic acids is 1. The van der Waals surface area contributed by atoms with Gasteiger partial charge in [0, 0.05) is 12.5 Å². The third kappa shape index (κ3) is 5.33. The van der Waals surface area contributed by atoms with Gasteiger partial charge in [-0.2, -0.15) is 11.3 Å². The van der Waals surface area contributed by atoms with Crippen molar-refractivity contribution >= 4 is 17.2 Å². The third-order valence-corrected chi connectivity index (χ3v) is 4.12. The van der Waals surface area contributed by atoms with E-state index in [1.807, 2.05) is 48.7 Å². The van der Waals surface area contributed by atoms with Crippen LogP contribution in [0.1, 0.15) is 37.0 Å². The van der Waals surface area contributed by atoms with Crippen molar-refractivity contribution in [3.05, 3.63) is 58.3 Å². The fourth-order valence-corrected chi connectivity index (χ4v) is 2.95. The van der Waals surface area contributed by atoms with E-state index in [2.05, 4.69) is 10.7 Å². The second-order valence-electron chi connectivity index (χ2n) is 5.26. The van der Waals surface area contributed by atoms with E-state index in [9.17, 15) is 9.90 Å². The zero-order valence-corrected chi connectivity index (χ0v) is 13.0. The molecule has 1 heterocycles. The van der Waals surface area contributed by atoms with E-state index in [0.717, 1.165) is 12.0 Å². The van der Waals surface area contributed by atoms with E-state index >= 15 is 0 Å². The lowest BCUT2D eigenvalue weighted by molar-refractivity contribution is -0.121. The number of rotatable bonds is 7. The molecule has 0 radical (unpaired) electrons. The van der Waals surface area contributed by atoms with Crippen LogP contribution in [0.5, 0.6) is 0 Å². The Morgan fingerprint density at radius 1 is 1.29 bits per heavy atom. The summed E-state index contributed by atoms with van der Waals surface area (Å²) in [7, 11) is 0. The molecule has 3 nitrogen and oxygen atoms in total. The van der Waals surface area contributed by atoms with Gasteiger partial charge in [0.25, 0.3) is 0 Å². The van der Waals surface area contributed by atoms with Crippen LogP contribution in [0.25, 0.3) is 0 Å². The first kappa shape index (κ1) is 15.7. The summed E-state index contributed by atoms with van der Waals surface area (Å²) < 4.78 is 0. The van der Waals surface area contributed by atoms with Crippen molar-refractivity contribution in [3.8, 4) is 0 Å². The van der Waals surface area contributed by atoms with Crippen LogP contribution >= 0.6 is 11.3 Å². The number of aryl methyl sites for hydroxylation is 1. The average molecular weight is 303 g/mol. The molecule has 2 rings (SSSR count). The van der Waals surface area contributed by atoms with Crippen LogP contribution in [0.2, 0.25) is 0 Å². The maximum Gasteiger partial charge on any atom is 0.220 e. The summed E-state index contributed by atoms with van der Waals surface area (Å²) in [4.78, 5) is 11.9. The number of aliphatic hydroxyl groups excluding tert-OH is 1. The summed E-state index contributed by atoms with van der Waals surface area (Å²) in [6, 6.07) is 11.5. The highest BCUT2D eigenvalue weighted by molar-refractivity contribution is 7.07. The van der Waals surface area contributed by atoms with Crippen molar-refractivity contribution in [2.24, 2.45) is 0 Å². The van der Waals surface area contributed by atoms with E-state index in [1.165, 1.54) is 5.56 Å². The number of thiophene rings is 1. The second-order valence-corrected chi connectivity index (χ2v) is 6.04. The number of aliphatic hydroxyl groups is 1. The highest BCUT2D eigenvalue weighted by atomic mass is 32.1. The summed E-state index contributed by atoms with van der Waals surface area (Å²) >= 11 is 1.65. The number of amides is 1. The van der Waals surface area contributed by atoms with Crippen LogP contribution in [0.4, 0.5) is 0 Å². The monoisotopic (exact) mass is 303 g/mol. The van der Waals surface area contributed by atoms with Gasteiger partial charge >= 0.3 is 0 Å². The topological polar surface area (TPSA) is 49.3 Å².